The minimum absolute atomic E-state index is 0.0262. The van der Waals surface area contributed by atoms with Crippen molar-refractivity contribution in [1.82, 2.24) is 5.32 Å². The fourth-order valence-electron chi connectivity index (χ4n) is 2.08. The Morgan fingerprint density at radius 3 is 2.68 bits per heavy atom. The molecule has 0 aliphatic heterocycles. The molecule has 116 valence electrons. The molecule has 0 atom stereocenters. The molecule has 2 rings (SSSR count). The normalized spacial score (nSPS) is 10.5. The van der Waals surface area contributed by atoms with E-state index in [1.54, 1.807) is 25.2 Å². The summed E-state index contributed by atoms with van der Waals surface area (Å²) in [6, 6.07) is 8.76. The number of aliphatic carboxylic acids is 1. The maximum atomic E-state index is 14.0. The number of hydrogen-bond acceptors (Lipinski definition) is 3. The van der Waals surface area contributed by atoms with Gasteiger partial charge < -0.3 is 15.2 Å². The van der Waals surface area contributed by atoms with Crippen molar-refractivity contribution in [3.63, 3.8) is 0 Å². The van der Waals surface area contributed by atoms with Crippen LogP contribution in [0.2, 0.25) is 0 Å². The smallest absolute Gasteiger partial charge is 0.341 e. The second-order valence-electron chi connectivity index (χ2n) is 4.64. The molecule has 0 saturated carbocycles. The van der Waals surface area contributed by atoms with E-state index >= 15 is 0 Å². The summed E-state index contributed by atoms with van der Waals surface area (Å²) in [4.78, 5) is 10.6. The van der Waals surface area contributed by atoms with Crippen LogP contribution in [-0.2, 0) is 11.3 Å². The number of benzene rings is 2. The molecule has 6 heteroatoms. The molecular formula is C16H15F2NO3. The zero-order valence-corrected chi connectivity index (χ0v) is 11.9. The van der Waals surface area contributed by atoms with Crippen LogP contribution < -0.4 is 10.1 Å². The van der Waals surface area contributed by atoms with E-state index in [1.807, 2.05) is 0 Å². The molecular weight excluding hydrogens is 292 g/mol. The molecule has 2 aromatic rings. The van der Waals surface area contributed by atoms with Crippen LogP contribution in [0.25, 0.3) is 11.1 Å². The summed E-state index contributed by atoms with van der Waals surface area (Å²) in [6.45, 7) is -0.0293. The van der Waals surface area contributed by atoms with Gasteiger partial charge in [0.15, 0.2) is 18.2 Å². The van der Waals surface area contributed by atoms with Crippen molar-refractivity contribution in [3.05, 3.63) is 53.6 Å². The van der Waals surface area contributed by atoms with Crippen molar-refractivity contribution in [2.45, 2.75) is 6.54 Å². The molecule has 0 radical (unpaired) electrons. The average molecular weight is 307 g/mol. The average Bonchev–Trinajstić information content (AvgIpc) is 2.49. The lowest BCUT2D eigenvalue weighted by atomic mass is 10.0. The highest BCUT2D eigenvalue weighted by molar-refractivity contribution is 5.73. The van der Waals surface area contributed by atoms with Gasteiger partial charge in [-0.15, -0.1) is 0 Å². The van der Waals surface area contributed by atoms with Crippen molar-refractivity contribution >= 4 is 5.97 Å². The summed E-state index contributed by atoms with van der Waals surface area (Å²) in [5, 5.41) is 11.7. The lowest BCUT2D eigenvalue weighted by Gasteiger charge is -2.13. The zero-order chi connectivity index (χ0) is 16.1. The monoisotopic (exact) mass is 307 g/mol. The third-order valence-corrected chi connectivity index (χ3v) is 3.02. The first kappa shape index (κ1) is 15.9. The highest BCUT2D eigenvalue weighted by atomic mass is 19.2. The lowest BCUT2D eigenvalue weighted by Crippen LogP contribution is -2.11. The Morgan fingerprint density at radius 1 is 1.23 bits per heavy atom. The van der Waals surface area contributed by atoms with Gasteiger partial charge in [-0.05, 0) is 30.8 Å². The van der Waals surface area contributed by atoms with E-state index in [1.165, 1.54) is 12.1 Å². The number of nitrogens with one attached hydrogen (secondary N) is 1. The molecule has 0 saturated heterocycles. The first-order valence-electron chi connectivity index (χ1n) is 6.59. The molecule has 0 amide bonds. The molecule has 0 aliphatic carbocycles. The second kappa shape index (κ2) is 7.00. The molecule has 0 fully saturated rings. The van der Waals surface area contributed by atoms with Crippen molar-refractivity contribution in [3.8, 4) is 16.9 Å². The van der Waals surface area contributed by atoms with E-state index < -0.39 is 24.2 Å². The predicted octanol–water partition coefficient (Wildman–Crippen LogP) is 2.81. The third-order valence-electron chi connectivity index (χ3n) is 3.02. The van der Waals surface area contributed by atoms with Crippen molar-refractivity contribution in [2.75, 3.05) is 13.7 Å². The topological polar surface area (TPSA) is 58.6 Å². The summed E-state index contributed by atoms with van der Waals surface area (Å²) in [6.07, 6.45) is 0. The van der Waals surface area contributed by atoms with Crippen LogP contribution in [0.15, 0.2) is 36.4 Å². The van der Waals surface area contributed by atoms with Gasteiger partial charge in [0.1, 0.15) is 5.75 Å². The van der Waals surface area contributed by atoms with Gasteiger partial charge in [0.25, 0.3) is 0 Å². The van der Waals surface area contributed by atoms with Gasteiger partial charge in [0.2, 0.25) is 0 Å². The highest BCUT2D eigenvalue weighted by Crippen LogP contribution is 2.33. The Morgan fingerprint density at radius 2 is 2.00 bits per heavy atom. The van der Waals surface area contributed by atoms with E-state index in [0.717, 1.165) is 11.6 Å². The summed E-state index contributed by atoms with van der Waals surface area (Å²) in [7, 11) is 1.76. The number of rotatable bonds is 6. The first-order chi connectivity index (χ1) is 10.5. The minimum Gasteiger partial charge on any atom is -0.481 e. The van der Waals surface area contributed by atoms with Crippen molar-refractivity contribution < 1.29 is 23.4 Å². The number of hydrogen-bond donors (Lipinski definition) is 2. The number of carboxylic acids is 1. The third kappa shape index (κ3) is 3.59. The molecule has 2 aromatic carbocycles. The fourth-order valence-corrected chi connectivity index (χ4v) is 2.08. The number of ether oxygens (including phenoxy) is 1. The Hall–Kier alpha value is -2.47. The van der Waals surface area contributed by atoms with E-state index in [-0.39, 0.29) is 11.3 Å². The van der Waals surface area contributed by atoms with E-state index in [4.69, 9.17) is 9.84 Å². The van der Waals surface area contributed by atoms with Crippen LogP contribution in [0, 0.1) is 11.6 Å². The predicted molar refractivity (Wildman–Crippen MR) is 77.7 cm³/mol. The first-order valence-corrected chi connectivity index (χ1v) is 6.59. The maximum absolute atomic E-state index is 14.0. The summed E-state index contributed by atoms with van der Waals surface area (Å²) in [5.74, 6) is -2.93. The van der Waals surface area contributed by atoms with Crippen LogP contribution in [0.4, 0.5) is 8.78 Å². The van der Waals surface area contributed by atoms with Crippen LogP contribution in [-0.4, -0.2) is 24.7 Å². The SMILES string of the molecule is CNCc1ccc(OCC(=O)O)c(-c2cccc(F)c2F)c1. The lowest BCUT2D eigenvalue weighted by molar-refractivity contribution is -0.139. The van der Waals surface area contributed by atoms with E-state index in [9.17, 15) is 13.6 Å². The quantitative estimate of drug-likeness (QED) is 0.861. The Kier molecular flexibility index (Phi) is 5.06. The van der Waals surface area contributed by atoms with Gasteiger partial charge in [-0.1, -0.05) is 18.2 Å². The fraction of sp³-hybridized carbons (Fsp3) is 0.188. The van der Waals surface area contributed by atoms with Gasteiger partial charge in [0, 0.05) is 17.7 Å². The molecule has 0 unspecified atom stereocenters. The van der Waals surface area contributed by atoms with Crippen molar-refractivity contribution in [1.29, 1.82) is 0 Å². The number of carbonyl (C=O) groups is 1. The maximum Gasteiger partial charge on any atom is 0.341 e. The van der Waals surface area contributed by atoms with Gasteiger partial charge in [-0.2, -0.15) is 0 Å². The molecule has 0 aliphatic rings. The summed E-state index contributed by atoms with van der Waals surface area (Å²) in [5.41, 5.74) is 1.17. The molecule has 22 heavy (non-hydrogen) atoms. The minimum atomic E-state index is -1.15. The zero-order valence-electron chi connectivity index (χ0n) is 11.9. The van der Waals surface area contributed by atoms with Crippen molar-refractivity contribution in [2.24, 2.45) is 0 Å². The van der Waals surface area contributed by atoms with E-state index in [0.29, 0.717) is 12.1 Å². The van der Waals surface area contributed by atoms with Crippen LogP contribution in [0.5, 0.6) is 5.75 Å². The summed E-state index contributed by atoms with van der Waals surface area (Å²) >= 11 is 0. The molecule has 0 heterocycles. The van der Waals surface area contributed by atoms with Crippen LogP contribution in [0.3, 0.4) is 0 Å². The number of carboxylic acid groups (broad SMARTS) is 1. The second-order valence-corrected chi connectivity index (χ2v) is 4.64. The van der Waals surface area contributed by atoms with Gasteiger partial charge in [-0.3, -0.25) is 0 Å². The van der Waals surface area contributed by atoms with Crippen LogP contribution in [0.1, 0.15) is 5.56 Å². The molecule has 0 spiro atoms. The van der Waals surface area contributed by atoms with Gasteiger partial charge >= 0.3 is 5.97 Å². The Balaban J connectivity index is 2.51. The largest absolute Gasteiger partial charge is 0.481 e. The molecule has 2 N–H and O–H groups in total. The number of halogens is 2. The molecule has 0 aromatic heterocycles. The van der Waals surface area contributed by atoms with Crippen LogP contribution >= 0.6 is 0 Å². The molecule has 0 bridgehead atoms. The van der Waals surface area contributed by atoms with E-state index in [2.05, 4.69) is 5.32 Å². The Bertz CT molecular complexity index is 689. The highest BCUT2D eigenvalue weighted by Gasteiger charge is 2.15. The van der Waals surface area contributed by atoms with Gasteiger partial charge in [-0.25, -0.2) is 13.6 Å². The summed E-state index contributed by atoms with van der Waals surface area (Å²) < 4.78 is 32.6. The standard InChI is InChI=1S/C16H15F2NO3/c1-19-8-10-5-6-14(22-9-15(20)21)12(7-10)11-3-2-4-13(17)16(11)18/h2-7,19H,8-9H2,1H3,(H,20,21). The Labute approximate surface area is 126 Å². The van der Waals surface area contributed by atoms with Gasteiger partial charge in [0.05, 0.1) is 0 Å². The molecule has 4 nitrogen and oxygen atoms in total.